The van der Waals surface area contributed by atoms with E-state index >= 15 is 0 Å². The molecule has 0 bridgehead atoms. The second-order valence-corrected chi connectivity index (χ2v) is 6.26. The Labute approximate surface area is 131 Å². The van der Waals surface area contributed by atoms with Crippen LogP contribution in [0.2, 0.25) is 0 Å². The summed E-state index contributed by atoms with van der Waals surface area (Å²) < 4.78 is 1.97. The molecule has 0 atom stereocenters. The minimum Gasteiger partial charge on any atom is -0.348 e. The molecule has 1 amide bonds. The van der Waals surface area contributed by atoms with Crippen LogP contribution in [0.5, 0.6) is 0 Å². The van der Waals surface area contributed by atoms with Crippen LogP contribution >= 0.6 is 0 Å². The Morgan fingerprint density at radius 1 is 1.27 bits per heavy atom. The molecule has 116 valence electrons. The first-order valence-corrected chi connectivity index (χ1v) is 8.07. The van der Waals surface area contributed by atoms with Crippen molar-refractivity contribution in [2.75, 3.05) is 0 Å². The van der Waals surface area contributed by atoms with Crippen molar-refractivity contribution in [2.24, 2.45) is 0 Å². The fraction of sp³-hybridized carbons (Fsp3) is 0.444. The third-order valence-corrected chi connectivity index (χ3v) is 4.33. The lowest BCUT2D eigenvalue weighted by Gasteiger charge is -2.14. The number of nitrogens with zero attached hydrogens (tertiary/aromatic N) is 2. The normalized spacial score (nSPS) is 14.0. The summed E-state index contributed by atoms with van der Waals surface area (Å²) >= 11 is 0. The highest BCUT2D eigenvalue weighted by Crippen LogP contribution is 2.18. The van der Waals surface area contributed by atoms with E-state index in [-0.39, 0.29) is 5.91 Å². The summed E-state index contributed by atoms with van der Waals surface area (Å²) in [5, 5.41) is 7.33. The minimum atomic E-state index is -0.0175. The number of fused-ring (bicyclic) bond motifs is 1. The lowest BCUT2D eigenvalue weighted by Crippen LogP contribution is -2.24. The van der Waals surface area contributed by atoms with Crippen LogP contribution in [-0.4, -0.2) is 15.7 Å². The maximum Gasteiger partial charge on any atom is 0.255 e. The van der Waals surface area contributed by atoms with E-state index in [1.165, 1.54) is 5.56 Å². The molecule has 3 rings (SSSR count). The Morgan fingerprint density at radius 2 is 2.05 bits per heavy atom. The molecule has 0 fully saturated rings. The monoisotopic (exact) mass is 297 g/mol. The van der Waals surface area contributed by atoms with Crippen LogP contribution in [0.4, 0.5) is 0 Å². The third-order valence-electron chi connectivity index (χ3n) is 4.33. The Morgan fingerprint density at radius 3 is 2.77 bits per heavy atom. The lowest BCUT2D eigenvalue weighted by atomic mass is 10.0. The van der Waals surface area contributed by atoms with Crippen molar-refractivity contribution in [1.29, 1.82) is 0 Å². The highest BCUT2D eigenvalue weighted by atomic mass is 16.1. The zero-order valence-corrected chi connectivity index (χ0v) is 13.3. The van der Waals surface area contributed by atoms with E-state index in [0.717, 1.165) is 42.6 Å². The number of carbonyl (C=O) groups excluding carboxylic acids is 1. The molecule has 4 heteroatoms. The molecule has 1 aliphatic heterocycles. The zero-order chi connectivity index (χ0) is 15.5. The number of benzene rings is 1. The molecular weight excluding hydrogens is 274 g/mol. The summed E-state index contributed by atoms with van der Waals surface area (Å²) in [5.41, 5.74) is 4.26. The number of hydrogen-bond acceptors (Lipinski definition) is 2. The van der Waals surface area contributed by atoms with Crippen molar-refractivity contribution >= 4 is 5.91 Å². The van der Waals surface area contributed by atoms with Gasteiger partial charge in [0.15, 0.2) is 0 Å². The molecule has 0 saturated carbocycles. The van der Waals surface area contributed by atoms with Crippen LogP contribution in [0, 0.1) is 0 Å². The average molecular weight is 297 g/mol. The Balaban J connectivity index is 1.64. The highest BCUT2D eigenvalue weighted by Gasteiger charge is 2.19. The van der Waals surface area contributed by atoms with Gasteiger partial charge in [-0.15, -0.1) is 0 Å². The SMILES string of the molecule is CC(C)c1ccc(CNC(=O)c2cnn3c2CCCC3)cc1. The van der Waals surface area contributed by atoms with Crippen molar-refractivity contribution in [3.05, 3.63) is 52.8 Å². The summed E-state index contributed by atoms with van der Waals surface area (Å²) in [6.07, 6.45) is 4.95. The molecule has 0 aliphatic carbocycles. The second-order valence-electron chi connectivity index (χ2n) is 6.26. The molecule has 2 aromatic rings. The molecule has 0 radical (unpaired) electrons. The van der Waals surface area contributed by atoms with Crippen molar-refractivity contribution < 1.29 is 4.79 Å². The highest BCUT2D eigenvalue weighted by molar-refractivity contribution is 5.95. The summed E-state index contributed by atoms with van der Waals surface area (Å²) in [7, 11) is 0. The fourth-order valence-corrected chi connectivity index (χ4v) is 2.91. The van der Waals surface area contributed by atoms with Gasteiger partial charge in [0.05, 0.1) is 17.5 Å². The van der Waals surface area contributed by atoms with Gasteiger partial charge >= 0.3 is 0 Å². The lowest BCUT2D eigenvalue weighted by molar-refractivity contribution is 0.0949. The predicted octanol–water partition coefficient (Wildman–Crippen LogP) is 3.27. The van der Waals surface area contributed by atoms with E-state index in [1.807, 2.05) is 4.68 Å². The van der Waals surface area contributed by atoms with E-state index in [9.17, 15) is 4.79 Å². The molecule has 4 nitrogen and oxygen atoms in total. The van der Waals surface area contributed by atoms with E-state index < -0.39 is 0 Å². The summed E-state index contributed by atoms with van der Waals surface area (Å²) in [5.74, 6) is 0.513. The maximum absolute atomic E-state index is 12.4. The second kappa shape index (κ2) is 6.34. The van der Waals surface area contributed by atoms with Crippen LogP contribution in [-0.2, 0) is 19.5 Å². The summed E-state index contributed by atoms with van der Waals surface area (Å²) in [6, 6.07) is 8.44. The molecule has 1 aromatic carbocycles. The van der Waals surface area contributed by atoms with Crippen LogP contribution in [0.1, 0.15) is 59.8 Å². The quantitative estimate of drug-likeness (QED) is 0.941. The van der Waals surface area contributed by atoms with Gasteiger partial charge in [-0.1, -0.05) is 38.1 Å². The molecule has 1 aromatic heterocycles. The van der Waals surface area contributed by atoms with Gasteiger partial charge in [-0.2, -0.15) is 5.10 Å². The maximum atomic E-state index is 12.4. The molecule has 0 spiro atoms. The van der Waals surface area contributed by atoms with Gasteiger partial charge in [0.25, 0.3) is 5.91 Å². The van der Waals surface area contributed by atoms with Gasteiger partial charge in [-0.3, -0.25) is 9.48 Å². The van der Waals surface area contributed by atoms with Crippen molar-refractivity contribution in [1.82, 2.24) is 15.1 Å². The van der Waals surface area contributed by atoms with Gasteiger partial charge in [0, 0.05) is 13.1 Å². The van der Waals surface area contributed by atoms with Crippen LogP contribution in [0.15, 0.2) is 30.5 Å². The molecule has 2 heterocycles. The van der Waals surface area contributed by atoms with Gasteiger partial charge in [0.2, 0.25) is 0 Å². The standard InChI is InChI=1S/C18H23N3O/c1-13(2)15-8-6-14(7-9-15)11-19-18(22)16-12-20-21-10-4-3-5-17(16)21/h6-9,12-13H,3-5,10-11H2,1-2H3,(H,19,22). The fourth-order valence-electron chi connectivity index (χ4n) is 2.91. The number of aryl methyl sites for hydroxylation is 1. The number of aromatic nitrogens is 2. The van der Waals surface area contributed by atoms with E-state index in [4.69, 9.17) is 0 Å². The Kier molecular flexibility index (Phi) is 4.27. The van der Waals surface area contributed by atoms with Crippen molar-refractivity contribution in [3.8, 4) is 0 Å². The third kappa shape index (κ3) is 3.06. The predicted molar refractivity (Wildman–Crippen MR) is 86.9 cm³/mol. The van der Waals surface area contributed by atoms with Gasteiger partial charge in [-0.05, 0) is 36.3 Å². The Bertz CT molecular complexity index is 655. The number of hydrogen-bond donors (Lipinski definition) is 1. The molecule has 1 N–H and O–H groups in total. The average Bonchev–Trinajstić information content (AvgIpc) is 2.97. The van der Waals surface area contributed by atoms with E-state index in [1.54, 1.807) is 6.20 Å². The first-order valence-electron chi connectivity index (χ1n) is 8.07. The number of nitrogens with one attached hydrogen (secondary N) is 1. The number of carbonyl (C=O) groups is 1. The first kappa shape index (κ1) is 14.8. The molecule has 0 unspecified atom stereocenters. The van der Waals surface area contributed by atoms with E-state index in [2.05, 4.69) is 48.5 Å². The summed E-state index contributed by atoms with van der Waals surface area (Å²) in [4.78, 5) is 12.4. The van der Waals surface area contributed by atoms with Crippen molar-refractivity contribution in [2.45, 2.75) is 52.1 Å². The number of amides is 1. The zero-order valence-electron chi connectivity index (χ0n) is 13.3. The topological polar surface area (TPSA) is 46.9 Å². The van der Waals surface area contributed by atoms with Crippen LogP contribution in [0.3, 0.4) is 0 Å². The van der Waals surface area contributed by atoms with Gasteiger partial charge in [-0.25, -0.2) is 0 Å². The Hall–Kier alpha value is -2.10. The molecule has 0 saturated heterocycles. The molecular formula is C18H23N3O. The smallest absolute Gasteiger partial charge is 0.255 e. The number of rotatable bonds is 4. The minimum absolute atomic E-state index is 0.0175. The van der Waals surface area contributed by atoms with Crippen LogP contribution < -0.4 is 5.32 Å². The largest absolute Gasteiger partial charge is 0.348 e. The molecule has 22 heavy (non-hydrogen) atoms. The first-order chi connectivity index (χ1) is 10.6. The van der Waals surface area contributed by atoms with Gasteiger partial charge in [0.1, 0.15) is 0 Å². The van der Waals surface area contributed by atoms with Gasteiger partial charge < -0.3 is 5.32 Å². The van der Waals surface area contributed by atoms with Crippen molar-refractivity contribution in [3.63, 3.8) is 0 Å². The molecule has 1 aliphatic rings. The van der Waals surface area contributed by atoms with Crippen LogP contribution in [0.25, 0.3) is 0 Å². The summed E-state index contributed by atoms with van der Waals surface area (Å²) in [6.45, 7) is 5.85. The van der Waals surface area contributed by atoms with E-state index in [0.29, 0.717) is 12.5 Å².